The van der Waals surface area contributed by atoms with Crippen molar-refractivity contribution >= 4 is 28.3 Å². The molecule has 0 spiro atoms. The van der Waals surface area contributed by atoms with E-state index in [1.54, 1.807) is 25.1 Å². The van der Waals surface area contributed by atoms with Gasteiger partial charge in [0.2, 0.25) is 0 Å². The number of hydrogen-bond donors (Lipinski definition) is 2. The van der Waals surface area contributed by atoms with Crippen molar-refractivity contribution in [2.75, 3.05) is 5.32 Å². The zero-order valence-electron chi connectivity index (χ0n) is 11.8. The van der Waals surface area contributed by atoms with Crippen LogP contribution in [0, 0.1) is 6.92 Å². The number of rotatable bonds is 3. The molecule has 22 heavy (non-hydrogen) atoms. The maximum atomic E-state index is 12.2. The summed E-state index contributed by atoms with van der Waals surface area (Å²) < 4.78 is 5.13. The number of benzene rings is 2. The molecule has 2 N–H and O–H groups in total. The minimum atomic E-state index is -1.10. The van der Waals surface area contributed by atoms with E-state index in [0.717, 1.165) is 10.8 Å². The summed E-state index contributed by atoms with van der Waals surface area (Å²) in [5, 5.41) is 13.6. The average Bonchev–Trinajstić information content (AvgIpc) is 2.92. The van der Waals surface area contributed by atoms with Gasteiger partial charge in [0, 0.05) is 5.56 Å². The van der Waals surface area contributed by atoms with Crippen LogP contribution in [-0.4, -0.2) is 17.0 Å². The molecule has 0 aliphatic carbocycles. The third kappa shape index (κ3) is 2.44. The lowest BCUT2D eigenvalue weighted by Crippen LogP contribution is -2.15. The fourth-order valence-electron chi connectivity index (χ4n) is 2.31. The Labute approximate surface area is 126 Å². The van der Waals surface area contributed by atoms with Crippen LogP contribution in [0.5, 0.6) is 0 Å². The van der Waals surface area contributed by atoms with E-state index in [-0.39, 0.29) is 17.0 Å². The van der Waals surface area contributed by atoms with Gasteiger partial charge in [-0.15, -0.1) is 0 Å². The van der Waals surface area contributed by atoms with Gasteiger partial charge in [-0.2, -0.15) is 0 Å². The molecule has 0 radical (unpaired) electrons. The smallest absolute Gasteiger partial charge is 0.337 e. The summed E-state index contributed by atoms with van der Waals surface area (Å²) in [6, 6.07) is 12.2. The standard InChI is InChI=1S/C17H13NO4/c1-10-6-7-22-15(10)16(19)18-14-9-12-5-3-2-4-11(12)8-13(14)17(20)21/h2-9H,1H3,(H,18,19)(H,20,21). The monoisotopic (exact) mass is 295 g/mol. The van der Waals surface area contributed by atoms with Gasteiger partial charge in [-0.1, -0.05) is 24.3 Å². The number of carboxylic acids is 1. The highest BCUT2D eigenvalue weighted by atomic mass is 16.4. The first kappa shape index (κ1) is 13.9. The Kier molecular flexibility index (Phi) is 3.39. The zero-order valence-corrected chi connectivity index (χ0v) is 11.8. The Bertz CT molecular complexity index is 879. The number of anilines is 1. The SMILES string of the molecule is Cc1ccoc1C(=O)Nc1cc2ccccc2cc1C(=O)O. The number of carbonyl (C=O) groups is 2. The normalized spacial score (nSPS) is 10.6. The van der Waals surface area contributed by atoms with Crippen LogP contribution < -0.4 is 5.32 Å². The first-order valence-corrected chi connectivity index (χ1v) is 6.68. The molecule has 3 aromatic rings. The summed E-state index contributed by atoms with van der Waals surface area (Å²) in [5.74, 6) is -1.40. The van der Waals surface area contributed by atoms with Gasteiger partial charge in [0.1, 0.15) is 0 Å². The van der Waals surface area contributed by atoms with Gasteiger partial charge < -0.3 is 14.8 Å². The number of aromatic carboxylic acids is 1. The van der Waals surface area contributed by atoms with Gasteiger partial charge >= 0.3 is 5.97 Å². The molecule has 0 aliphatic heterocycles. The first-order chi connectivity index (χ1) is 10.6. The van der Waals surface area contributed by atoms with Crippen molar-refractivity contribution in [1.82, 2.24) is 0 Å². The van der Waals surface area contributed by atoms with Crippen molar-refractivity contribution in [1.29, 1.82) is 0 Å². The van der Waals surface area contributed by atoms with Crippen LogP contribution in [0.2, 0.25) is 0 Å². The zero-order chi connectivity index (χ0) is 15.7. The van der Waals surface area contributed by atoms with Gasteiger partial charge in [0.25, 0.3) is 5.91 Å². The molecule has 2 aromatic carbocycles. The number of hydrogen-bond acceptors (Lipinski definition) is 3. The van der Waals surface area contributed by atoms with E-state index in [0.29, 0.717) is 5.56 Å². The Morgan fingerprint density at radius 2 is 1.77 bits per heavy atom. The Balaban J connectivity index is 2.05. The van der Waals surface area contributed by atoms with Crippen LogP contribution in [0.15, 0.2) is 53.1 Å². The molecule has 0 fully saturated rings. The Morgan fingerprint density at radius 1 is 1.09 bits per heavy atom. The molecular weight excluding hydrogens is 282 g/mol. The number of fused-ring (bicyclic) bond motifs is 1. The second-order valence-corrected chi connectivity index (χ2v) is 4.94. The lowest BCUT2D eigenvalue weighted by atomic mass is 10.0. The third-order valence-electron chi connectivity index (χ3n) is 3.43. The lowest BCUT2D eigenvalue weighted by Gasteiger charge is -2.10. The van der Waals surface area contributed by atoms with E-state index in [4.69, 9.17) is 4.42 Å². The fraction of sp³-hybridized carbons (Fsp3) is 0.0588. The minimum absolute atomic E-state index is 0.0382. The van der Waals surface area contributed by atoms with Crippen LogP contribution in [0.3, 0.4) is 0 Å². The maximum Gasteiger partial charge on any atom is 0.337 e. The number of nitrogens with one attached hydrogen (secondary N) is 1. The fourth-order valence-corrected chi connectivity index (χ4v) is 2.31. The summed E-state index contributed by atoms with van der Waals surface area (Å²) >= 11 is 0. The highest BCUT2D eigenvalue weighted by molar-refractivity contribution is 6.09. The number of furan rings is 1. The quantitative estimate of drug-likeness (QED) is 0.772. The van der Waals surface area contributed by atoms with Crippen molar-refractivity contribution in [3.8, 4) is 0 Å². The predicted octanol–water partition coefficient (Wildman–Crippen LogP) is 3.69. The molecule has 110 valence electrons. The lowest BCUT2D eigenvalue weighted by molar-refractivity contribution is 0.0698. The van der Waals surface area contributed by atoms with Crippen molar-refractivity contribution in [2.45, 2.75) is 6.92 Å². The van der Waals surface area contributed by atoms with Crippen LogP contribution in [0.1, 0.15) is 26.5 Å². The topological polar surface area (TPSA) is 79.5 Å². The molecule has 0 aliphatic rings. The summed E-state index contributed by atoms with van der Waals surface area (Å²) in [7, 11) is 0. The summed E-state index contributed by atoms with van der Waals surface area (Å²) in [5.41, 5.74) is 0.971. The van der Waals surface area contributed by atoms with E-state index in [1.807, 2.05) is 24.3 Å². The molecular formula is C17H13NO4. The molecule has 0 unspecified atom stereocenters. The van der Waals surface area contributed by atoms with E-state index < -0.39 is 11.9 Å². The molecule has 5 heteroatoms. The predicted molar refractivity (Wildman–Crippen MR) is 82.3 cm³/mol. The molecule has 1 aromatic heterocycles. The molecule has 0 saturated heterocycles. The van der Waals surface area contributed by atoms with E-state index in [1.165, 1.54) is 6.26 Å². The second kappa shape index (κ2) is 5.37. The molecule has 1 heterocycles. The molecule has 0 saturated carbocycles. The molecule has 0 bridgehead atoms. The largest absolute Gasteiger partial charge is 0.478 e. The number of amides is 1. The van der Waals surface area contributed by atoms with E-state index in [2.05, 4.69) is 5.32 Å². The summed E-state index contributed by atoms with van der Waals surface area (Å²) in [4.78, 5) is 23.6. The molecule has 0 atom stereocenters. The maximum absolute atomic E-state index is 12.2. The number of carboxylic acid groups (broad SMARTS) is 1. The molecule has 5 nitrogen and oxygen atoms in total. The Hall–Kier alpha value is -3.08. The summed E-state index contributed by atoms with van der Waals surface area (Å²) in [6.07, 6.45) is 1.42. The van der Waals surface area contributed by atoms with Crippen LogP contribution in [0.25, 0.3) is 10.8 Å². The highest BCUT2D eigenvalue weighted by Gasteiger charge is 2.17. The first-order valence-electron chi connectivity index (χ1n) is 6.68. The second-order valence-electron chi connectivity index (χ2n) is 4.94. The van der Waals surface area contributed by atoms with Crippen molar-refractivity contribution < 1.29 is 19.1 Å². The van der Waals surface area contributed by atoms with Gasteiger partial charge in [0.15, 0.2) is 5.76 Å². The summed E-state index contributed by atoms with van der Waals surface area (Å²) in [6.45, 7) is 1.75. The van der Waals surface area contributed by atoms with Crippen LogP contribution in [-0.2, 0) is 0 Å². The van der Waals surface area contributed by atoms with Crippen molar-refractivity contribution in [3.63, 3.8) is 0 Å². The van der Waals surface area contributed by atoms with E-state index in [9.17, 15) is 14.7 Å². The average molecular weight is 295 g/mol. The van der Waals surface area contributed by atoms with Gasteiger partial charge in [0.05, 0.1) is 17.5 Å². The van der Waals surface area contributed by atoms with Crippen LogP contribution in [0.4, 0.5) is 5.69 Å². The Morgan fingerprint density at radius 3 is 2.36 bits per heavy atom. The number of carbonyl (C=O) groups excluding carboxylic acids is 1. The van der Waals surface area contributed by atoms with Gasteiger partial charge in [-0.25, -0.2) is 4.79 Å². The minimum Gasteiger partial charge on any atom is -0.478 e. The van der Waals surface area contributed by atoms with Crippen molar-refractivity contribution in [3.05, 3.63) is 65.6 Å². The molecule has 1 amide bonds. The van der Waals surface area contributed by atoms with E-state index >= 15 is 0 Å². The van der Waals surface area contributed by atoms with Gasteiger partial charge in [-0.05, 0) is 35.9 Å². The van der Waals surface area contributed by atoms with Gasteiger partial charge in [-0.3, -0.25) is 4.79 Å². The number of aryl methyl sites for hydroxylation is 1. The van der Waals surface area contributed by atoms with Crippen LogP contribution >= 0.6 is 0 Å². The van der Waals surface area contributed by atoms with Crippen molar-refractivity contribution in [2.24, 2.45) is 0 Å². The third-order valence-corrected chi connectivity index (χ3v) is 3.43. The highest BCUT2D eigenvalue weighted by Crippen LogP contribution is 2.25. The molecule has 3 rings (SSSR count).